The van der Waals surface area contributed by atoms with Gasteiger partial charge in [-0.25, -0.2) is 4.68 Å². The number of carbonyl (C=O) groups excluding carboxylic acids is 1. The van der Waals surface area contributed by atoms with Crippen molar-refractivity contribution < 1.29 is 18.0 Å². The highest BCUT2D eigenvalue weighted by Crippen LogP contribution is 2.34. The van der Waals surface area contributed by atoms with Gasteiger partial charge in [0.1, 0.15) is 5.82 Å². The van der Waals surface area contributed by atoms with Crippen LogP contribution in [0, 0.1) is 6.92 Å². The fraction of sp³-hybridized carbons (Fsp3) is 0.273. The van der Waals surface area contributed by atoms with E-state index in [1.807, 2.05) is 26.0 Å². The van der Waals surface area contributed by atoms with Gasteiger partial charge in [-0.2, -0.15) is 18.3 Å². The third-order valence-electron chi connectivity index (χ3n) is 4.77. The number of amides is 1. The van der Waals surface area contributed by atoms with Crippen LogP contribution in [0.3, 0.4) is 0 Å². The maximum absolute atomic E-state index is 13.4. The molecule has 5 nitrogen and oxygen atoms in total. The molecule has 0 saturated heterocycles. The molecule has 8 heteroatoms. The maximum atomic E-state index is 13.4. The summed E-state index contributed by atoms with van der Waals surface area (Å²) in [6.07, 6.45) is -4.54. The van der Waals surface area contributed by atoms with Gasteiger partial charge in [-0.15, -0.1) is 0 Å². The largest absolute Gasteiger partial charge is 0.418 e. The summed E-state index contributed by atoms with van der Waals surface area (Å²) in [6.45, 7) is 7.44. The average Bonchev–Trinajstić information content (AvgIpc) is 3.08. The Morgan fingerprint density at radius 1 is 1.07 bits per heavy atom. The van der Waals surface area contributed by atoms with E-state index in [4.69, 9.17) is 0 Å². The van der Waals surface area contributed by atoms with Gasteiger partial charge in [0.05, 0.1) is 16.9 Å². The van der Waals surface area contributed by atoms with Gasteiger partial charge in [0.15, 0.2) is 0 Å². The van der Waals surface area contributed by atoms with Crippen LogP contribution in [-0.4, -0.2) is 28.8 Å². The van der Waals surface area contributed by atoms with Crippen LogP contribution < -0.4 is 10.2 Å². The number of para-hydroxylation sites is 1. The van der Waals surface area contributed by atoms with Gasteiger partial charge in [0.25, 0.3) is 5.91 Å². The van der Waals surface area contributed by atoms with E-state index in [-0.39, 0.29) is 11.5 Å². The highest BCUT2D eigenvalue weighted by Gasteiger charge is 2.34. The zero-order valence-corrected chi connectivity index (χ0v) is 17.0. The van der Waals surface area contributed by atoms with E-state index in [1.165, 1.54) is 24.3 Å². The van der Waals surface area contributed by atoms with Crippen molar-refractivity contribution in [2.24, 2.45) is 0 Å². The molecule has 1 N–H and O–H groups in total. The lowest BCUT2D eigenvalue weighted by Gasteiger charge is -2.21. The number of anilines is 2. The van der Waals surface area contributed by atoms with Crippen molar-refractivity contribution in [3.63, 3.8) is 0 Å². The Balaban J connectivity index is 1.90. The average molecular weight is 416 g/mol. The summed E-state index contributed by atoms with van der Waals surface area (Å²) in [5, 5.41) is 6.84. The smallest absolute Gasteiger partial charge is 0.372 e. The van der Waals surface area contributed by atoms with Crippen LogP contribution in [0.5, 0.6) is 0 Å². The van der Waals surface area contributed by atoms with Gasteiger partial charge in [0.2, 0.25) is 0 Å². The van der Waals surface area contributed by atoms with Crippen molar-refractivity contribution in [2.45, 2.75) is 26.9 Å². The molecule has 30 heavy (non-hydrogen) atoms. The number of rotatable bonds is 6. The topological polar surface area (TPSA) is 50.2 Å². The lowest BCUT2D eigenvalue weighted by Crippen LogP contribution is -2.22. The van der Waals surface area contributed by atoms with E-state index < -0.39 is 17.6 Å². The molecule has 1 aromatic heterocycles. The monoisotopic (exact) mass is 416 g/mol. The molecule has 0 saturated carbocycles. The second-order valence-electron chi connectivity index (χ2n) is 6.77. The molecule has 0 fully saturated rings. The maximum Gasteiger partial charge on any atom is 0.418 e. The Bertz CT molecular complexity index is 1020. The van der Waals surface area contributed by atoms with Crippen molar-refractivity contribution in [1.29, 1.82) is 0 Å². The molecule has 0 atom stereocenters. The van der Waals surface area contributed by atoms with E-state index >= 15 is 0 Å². The molecular formula is C22H23F3N4O. The van der Waals surface area contributed by atoms with Gasteiger partial charge in [0, 0.05) is 30.4 Å². The molecule has 0 aliphatic rings. The van der Waals surface area contributed by atoms with E-state index in [1.54, 1.807) is 19.1 Å². The predicted octanol–water partition coefficient (Wildman–Crippen LogP) is 5.30. The number of alkyl halides is 3. The van der Waals surface area contributed by atoms with Crippen LogP contribution in [0.1, 0.15) is 35.5 Å². The lowest BCUT2D eigenvalue weighted by molar-refractivity contribution is -0.137. The Morgan fingerprint density at radius 2 is 1.70 bits per heavy atom. The first-order chi connectivity index (χ1) is 14.2. The van der Waals surface area contributed by atoms with E-state index in [0.29, 0.717) is 11.3 Å². The molecule has 0 spiro atoms. The summed E-state index contributed by atoms with van der Waals surface area (Å²) in [5.74, 6) is -0.256. The van der Waals surface area contributed by atoms with E-state index in [0.717, 1.165) is 29.5 Å². The van der Waals surface area contributed by atoms with Crippen LogP contribution in [0.2, 0.25) is 0 Å². The Morgan fingerprint density at radius 3 is 2.30 bits per heavy atom. The second kappa shape index (κ2) is 8.61. The van der Waals surface area contributed by atoms with Crippen LogP contribution in [0.4, 0.5) is 24.7 Å². The first-order valence-corrected chi connectivity index (χ1v) is 9.64. The summed E-state index contributed by atoms with van der Waals surface area (Å²) < 4.78 is 41.4. The molecule has 1 amide bonds. The molecule has 0 unspecified atom stereocenters. The minimum absolute atomic E-state index is 0.148. The van der Waals surface area contributed by atoms with Crippen molar-refractivity contribution in [2.75, 3.05) is 23.3 Å². The minimum Gasteiger partial charge on any atom is -0.372 e. The third kappa shape index (κ3) is 4.48. The SMILES string of the molecule is CCN(CC)c1ccc(C(=O)Nc2cc(C)nn2-c2ccccc2C(F)(F)F)cc1. The van der Waals surface area contributed by atoms with Gasteiger partial charge in [-0.1, -0.05) is 12.1 Å². The van der Waals surface area contributed by atoms with Crippen molar-refractivity contribution in [3.8, 4) is 5.69 Å². The highest BCUT2D eigenvalue weighted by molar-refractivity contribution is 6.04. The summed E-state index contributed by atoms with van der Waals surface area (Å²) in [4.78, 5) is 14.9. The zero-order chi connectivity index (χ0) is 21.9. The van der Waals surface area contributed by atoms with Crippen molar-refractivity contribution in [3.05, 3.63) is 71.4 Å². The molecular weight excluding hydrogens is 393 g/mol. The quantitative estimate of drug-likeness (QED) is 0.593. The molecule has 3 rings (SSSR count). The molecule has 0 radical (unpaired) electrons. The molecule has 2 aromatic carbocycles. The van der Waals surface area contributed by atoms with Crippen LogP contribution in [0.25, 0.3) is 5.69 Å². The van der Waals surface area contributed by atoms with E-state index in [9.17, 15) is 18.0 Å². The Kier molecular flexibility index (Phi) is 6.14. The number of nitrogens with zero attached hydrogens (tertiary/aromatic N) is 3. The van der Waals surface area contributed by atoms with Gasteiger partial charge in [-0.05, 0) is 57.2 Å². The fourth-order valence-electron chi connectivity index (χ4n) is 3.27. The Labute approximate surface area is 173 Å². The summed E-state index contributed by atoms with van der Waals surface area (Å²) in [5.41, 5.74) is 0.911. The molecule has 1 heterocycles. The normalized spacial score (nSPS) is 11.4. The number of carbonyl (C=O) groups is 1. The van der Waals surface area contributed by atoms with Gasteiger partial charge in [-0.3, -0.25) is 4.79 Å². The Hall–Kier alpha value is -3.29. The minimum atomic E-state index is -4.54. The molecule has 0 aliphatic heterocycles. The number of halogens is 3. The van der Waals surface area contributed by atoms with E-state index in [2.05, 4.69) is 15.3 Å². The number of hydrogen-bond donors (Lipinski definition) is 1. The fourth-order valence-corrected chi connectivity index (χ4v) is 3.27. The first kappa shape index (κ1) is 21.4. The second-order valence-corrected chi connectivity index (χ2v) is 6.77. The lowest BCUT2D eigenvalue weighted by atomic mass is 10.1. The van der Waals surface area contributed by atoms with Crippen molar-refractivity contribution in [1.82, 2.24) is 9.78 Å². The number of aromatic nitrogens is 2. The summed E-state index contributed by atoms with van der Waals surface area (Å²) in [6, 6.07) is 13.8. The molecule has 0 bridgehead atoms. The zero-order valence-electron chi connectivity index (χ0n) is 17.0. The van der Waals surface area contributed by atoms with Crippen LogP contribution in [-0.2, 0) is 6.18 Å². The number of hydrogen-bond acceptors (Lipinski definition) is 3. The van der Waals surface area contributed by atoms with Gasteiger partial charge < -0.3 is 10.2 Å². The number of benzene rings is 2. The summed E-state index contributed by atoms with van der Waals surface area (Å²) in [7, 11) is 0. The standard InChI is InChI=1S/C22H23F3N4O/c1-4-28(5-2)17-12-10-16(11-13-17)21(30)26-20-14-15(3)27-29(20)19-9-7-6-8-18(19)22(23,24)25/h6-14H,4-5H2,1-3H3,(H,26,30). The van der Waals surface area contributed by atoms with Crippen LogP contribution >= 0.6 is 0 Å². The van der Waals surface area contributed by atoms with Crippen LogP contribution in [0.15, 0.2) is 54.6 Å². The van der Waals surface area contributed by atoms with Gasteiger partial charge >= 0.3 is 6.18 Å². The first-order valence-electron chi connectivity index (χ1n) is 9.64. The third-order valence-corrected chi connectivity index (χ3v) is 4.77. The molecule has 3 aromatic rings. The summed E-state index contributed by atoms with van der Waals surface area (Å²) >= 11 is 0. The number of aryl methyl sites for hydroxylation is 1. The predicted molar refractivity (Wildman–Crippen MR) is 111 cm³/mol. The highest BCUT2D eigenvalue weighted by atomic mass is 19.4. The van der Waals surface area contributed by atoms with Crippen molar-refractivity contribution >= 4 is 17.4 Å². The number of nitrogens with one attached hydrogen (secondary N) is 1. The molecule has 0 aliphatic carbocycles. The molecule has 158 valence electrons.